The number of amides is 1. The van der Waals surface area contributed by atoms with Crippen molar-refractivity contribution in [1.29, 1.82) is 0 Å². The van der Waals surface area contributed by atoms with Gasteiger partial charge >= 0.3 is 0 Å². The van der Waals surface area contributed by atoms with Crippen molar-refractivity contribution in [2.24, 2.45) is 0 Å². The largest absolute Gasteiger partial charge is 0.497 e. The maximum absolute atomic E-state index is 12.6. The second-order valence-corrected chi connectivity index (χ2v) is 6.72. The smallest absolute Gasteiger partial charge is 0.223 e. The molecular weight excluding hydrogens is 294 g/mol. The second kappa shape index (κ2) is 8.20. The van der Waals surface area contributed by atoms with Gasteiger partial charge in [0.2, 0.25) is 5.91 Å². The predicted octanol–water partition coefficient (Wildman–Crippen LogP) is 2.99. The summed E-state index contributed by atoms with van der Waals surface area (Å²) < 4.78 is 10.6. The maximum atomic E-state index is 12.6. The van der Waals surface area contributed by atoms with Crippen molar-refractivity contribution in [3.8, 4) is 11.5 Å². The van der Waals surface area contributed by atoms with E-state index in [0.717, 1.165) is 5.56 Å². The summed E-state index contributed by atoms with van der Waals surface area (Å²) in [5.41, 5.74) is 0.606. The molecule has 1 unspecified atom stereocenters. The fraction of sp³-hybridized carbons (Fsp3) is 0.611. The Hall–Kier alpha value is -1.75. The van der Waals surface area contributed by atoms with Crippen molar-refractivity contribution in [3.05, 3.63) is 23.8 Å². The molecule has 0 heterocycles. The lowest BCUT2D eigenvalue weighted by Gasteiger charge is -2.36. The molecule has 0 spiro atoms. The Labute approximate surface area is 139 Å². The number of nitrogens with zero attached hydrogens (tertiary/aromatic N) is 1. The van der Waals surface area contributed by atoms with Gasteiger partial charge in [-0.1, -0.05) is 0 Å². The number of hydrogen-bond donors (Lipinski definition) is 1. The van der Waals surface area contributed by atoms with Crippen molar-refractivity contribution in [2.45, 2.75) is 58.7 Å². The van der Waals surface area contributed by atoms with Gasteiger partial charge in [-0.2, -0.15) is 0 Å². The van der Waals surface area contributed by atoms with Crippen LogP contribution >= 0.6 is 0 Å². The third-order valence-corrected chi connectivity index (χ3v) is 3.71. The van der Waals surface area contributed by atoms with Crippen LogP contribution < -0.4 is 9.47 Å². The molecule has 1 N–H and O–H groups in total. The van der Waals surface area contributed by atoms with Crippen LogP contribution in [0.25, 0.3) is 0 Å². The van der Waals surface area contributed by atoms with E-state index in [1.807, 2.05) is 43.9 Å². The number of rotatable bonds is 7. The zero-order valence-electron chi connectivity index (χ0n) is 15.0. The standard InChI is InChI=1S/C18H29NO4/c1-13(20)7-10-17(21)19(18(2,3)4)12-14-8-9-15(22-5)11-16(14)23-6/h8-9,11,13,20H,7,10,12H2,1-6H3. The van der Waals surface area contributed by atoms with Gasteiger partial charge in [-0.3, -0.25) is 4.79 Å². The van der Waals surface area contributed by atoms with Crippen LogP contribution in [0.2, 0.25) is 0 Å². The first-order chi connectivity index (χ1) is 10.7. The molecule has 0 saturated heterocycles. The molecule has 0 saturated carbocycles. The van der Waals surface area contributed by atoms with Crippen LogP contribution in [0.15, 0.2) is 18.2 Å². The van der Waals surface area contributed by atoms with Gasteiger partial charge in [-0.15, -0.1) is 0 Å². The van der Waals surface area contributed by atoms with E-state index in [9.17, 15) is 9.90 Å². The Morgan fingerprint density at radius 3 is 2.39 bits per heavy atom. The van der Waals surface area contributed by atoms with E-state index in [-0.39, 0.29) is 11.4 Å². The van der Waals surface area contributed by atoms with E-state index in [0.29, 0.717) is 30.9 Å². The number of ether oxygens (including phenoxy) is 2. The number of methoxy groups -OCH3 is 2. The number of hydrogen-bond acceptors (Lipinski definition) is 4. The van der Waals surface area contributed by atoms with E-state index in [1.54, 1.807) is 21.1 Å². The number of carbonyl (C=O) groups is 1. The summed E-state index contributed by atoms with van der Waals surface area (Å²) in [4.78, 5) is 14.4. The fourth-order valence-corrected chi connectivity index (χ4v) is 2.32. The molecule has 1 rings (SSSR count). The quantitative estimate of drug-likeness (QED) is 0.838. The lowest BCUT2D eigenvalue weighted by atomic mass is 10.0. The highest BCUT2D eigenvalue weighted by atomic mass is 16.5. The minimum absolute atomic E-state index is 0.0243. The number of aliphatic hydroxyl groups is 1. The predicted molar refractivity (Wildman–Crippen MR) is 90.8 cm³/mol. The summed E-state index contributed by atoms with van der Waals surface area (Å²) in [5.74, 6) is 1.44. The number of benzene rings is 1. The van der Waals surface area contributed by atoms with Gasteiger partial charge in [0.15, 0.2) is 0 Å². The molecule has 5 nitrogen and oxygen atoms in total. The summed E-state index contributed by atoms with van der Waals surface area (Å²) in [7, 11) is 3.21. The van der Waals surface area contributed by atoms with Gasteiger partial charge < -0.3 is 19.5 Å². The maximum Gasteiger partial charge on any atom is 0.223 e. The van der Waals surface area contributed by atoms with Crippen LogP contribution in [0.1, 0.15) is 46.1 Å². The normalized spacial score (nSPS) is 12.7. The molecule has 0 aliphatic carbocycles. The van der Waals surface area contributed by atoms with Crippen LogP contribution in [0.4, 0.5) is 0 Å². The number of aliphatic hydroxyl groups excluding tert-OH is 1. The van der Waals surface area contributed by atoms with Gasteiger partial charge in [-0.05, 0) is 46.2 Å². The van der Waals surface area contributed by atoms with Crippen molar-refractivity contribution < 1.29 is 19.4 Å². The molecule has 0 bridgehead atoms. The molecule has 0 aliphatic rings. The monoisotopic (exact) mass is 323 g/mol. The van der Waals surface area contributed by atoms with Gasteiger partial charge in [0.05, 0.1) is 20.3 Å². The molecule has 0 fully saturated rings. The zero-order chi connectivity index (χ0) is 17.6. The summed E-state index contributed by atoms with van der Waals surface area (Å²) in [5, 5.41) is 9.41. The van der Waals surface area contributed by atoms with Crippen molar-refractivity contribution in [2.75, 3.05) is 14.2 Å². The van der Waals surface area contributed by atoms with E-state index in [1.165, 1.54) is 0 Å². The Morgan fingerprint density at radius 1 is 1.26 bits per heavy atom. The van der Waals surface area contributed by atoms with E-state index >= 15 is 0 Å². The Kier molecular flexibility index (Phi) is 6.88. The van der Waals surface area contributed by atoms with Crippen molar-refractivity contribution in [1.82, 2.24) is 4.90 Å². The average Bonchev–Trinajstić information content (AvgIpc) is 2.48. The lowest BCUT2D eigenvalue weighted by molar-refractivity contribution is -0.137. The molecule has 23 heavy (non-hydrogen) atoms. The highest BCUT2D eigenvalue weighted by Crippen LogP contribution is 2.28. The Balaban J connectivity index is 3.00. The molecule has 1 aromatic rings. The summed E-state index contributed by atoms with van der Waals surface area (Å²) in [6.07, 6.45) is 0.315. The van der Waals surface area contributed by atoms with E-state index in [4.69, 9.17) is 9.47 Å². The minimum atomic E-state index is -0.476. The molecular formula is C18H29NO4. The highest BCUT2D eigenvalue weighted by molar-refractivity contribution is 5.77. The average molecular weight is 323 g/mol. The van der Waals surface area contributed by atoms with Crippen molar-refractivity contribution >= 4 is 5.91 Å². The third kappa shape index (κ3) is 5.75. The Morgan fingerprint density at radius 2 is 1.91 bits per heavy atom. The first kappa shape index (κ1) is 19.3. The molecule has 0 aliphatic heterocycles. The van der Waals surface area contributed by atoms with Crippen molar-refractivity contribution in [3.63, 3.8) is 0 Å². The van der Waals surface area contributed by atoms with Gasteiger partial charge in [0, 0.05) is 30.1 Å². The molecule has 1 atom stereocenters. The van der Waals surface area contributed by atoms with E-state index in [2.05, 4.69) is 0 Å². The van der Waals surface area contributed by atoms with E-state index < -0.39 is 6.10 Å². The van der Waals surface area contributed by atoms with Crippen LogP contribution in [0.5, 0.6) is 11.5 Å². The SMILES string of the molecule is COc1ccc(CN(C(=O)CCC(C)O)C(C)(C)C)c(OC)c1. The zero-order valence-corrected chi connectivity index (χ0v) is 15.0. The third-order valence-electron chi connectivity index (χ3n) is 3.71. The highest BCUT2D eigenvalue weighted by Gasteiger charge is 2.27. The number of carbonyl (C=O) groups excluding carboxylic acids is 1. The molecule has 1 amide bonds. The first-order valence-electron chi connectivity index (χ1n) is 7.88. The van der Waals surface area contributed by atoms with Gasteiger partial charge in [-0.25, -0.2) is 0 Å². The van der Waals surface area contributed by atoms with Crippen LogP contribution in [0, 0.1) is 0 Å². The topological polar surface area (TPSA) is 59.0 Å². The van der Waals surface area contributed by atoms with Crippen LogP contribution in [-0.4, -0.2) is 41.8 Å². The fourth-order valence-electron chi connectivity index (χ4n) is 2.32. The lowest BCUT2D eigenvalue weighted by Crippen LogP contribution is -2.45. The molecule has 1 aromatic carbocycles. The molecule has 5 heteroatoms. The Bertz CT molecular complexity index is 520. The molecule has 130 valence electrons. The first-order valence-corrected chi connectivity index (χ1v) is 7.88. The minimum Gasteiger partial charge on any atom is -0.497 e. The molecule has 0 radical (unpaired) electrons. The summed E-state index contributed by atoms with van der Waals surface area (Å²) >= 11 is 0. The summed E-state index contributed by atoms with van der Waals surface area (Å²) in [6.45, 7) is 8.16. The second-order valence-electron chi connectivity index (χ2n) is 6.72. The van der Waals surface area contributed by atoms with Crippen LogP contribution in [0.3, 0.4) is 0 Å². The van der Waals surface area contributed by atoms with Gasteiger partial charge in [0.1, 0.15) is 11.5 Å². The van der Waals surface area contributed by atoms with Crippen LogP contribution in [-0.2, 0) is 11.3 Å². The molecule has 0 aromatic heterocycles. The van der Waals surface area contributed by atoms with Gasteiger partial charge in [0.25, 0.3) is 0 Å². The summed E-state index contributed by atoms with van der Waals surface area (Å²) in [6, 6.07) is 5.59.